The van der Waals surface area contributed by atoms with E-state index in [4.69, 9.17) is 16.2 Å². The molecule has 8 nitrogen and oxygen atoms in total. The number of hydrogen-bond donors (Lipinski definition) is 3. The minimum Gasteiger partial charge on any atom is -0.395 e. The first-order valence-electron chi connectivity index (χ1n) is 5.92. The number of aromatic nitrogens is 2. The van der Waals surface area contributed by atoms with E-state index in [0.29, 0.717) is 17.9 Å². The summed E-state index contributed by atoms with van der Waals surface area (Å²) in [7, 11) is 0. The van der Waals surface area contributed by atoms with Crippen molar-refractivity contribution < 1.29 is 9.74 Å². The van der Waals surface area contributed by atoms with E-state index in [0.717, 1.165) is 32.7 Å². The summed E-state index contributed by atoms with van der Waals surface area (Å²) in [6, 6.07) is 0. The van der Waals surface area contributed by atoms with Crippen molar-refractivity contribution in [3.8, 4) is 0 Å². The van der Waals surface area contributed by atoms with E-state index in [1.54, 1.807) is 0 Å². The molecule has 0 spiro atoms. The van der Waals surface area contributed by atoms with Crippen LogP contribution in [-0.4, -0.2) is 70.4 Å². The van der Waals surface area contributed by atoms with E-state index in [1.165, 1.54) is 0 Å². The van der Waals surface area contributed by atoms with E-state index >= 15 is 0 Å². The molecule has 1 aromatic rings. The second-order valence-corrected chi connectivity index (χ2v) is 4.31. The van der Waals surface area contributed by atoms with Crippen LogP contribution in [0.25, 0.3) is 0 Å². The highest BCUT2D eigenvalue weighted by molar-refractivity contribution is 5.93. The Kier molecular flexibility index (Phi) is 4.24. The number of aliphatic hydroxyl groups excluding tert-OH is 1. The second-order valence-electron chi connectivity index (χ2n) is 4.31. The fourth-order valence-corrected chi connectivity index (χ4v) is 2.04. The lowest BCUT2D eigenvalue weighted by molar-refractivity contribution is 0.107. The molecule has 1 fully saturated rings. The van der Waals surface area contributed by atoms with Crippen LogP contribution in [0.3, 0.4) is 0 Å². The number of nitrogen functional groups attached to an aromatic ring is 1. The Bertz CT molecular complexity index is 399. The van der Waals surface area contributed by atoms with Crippen LogP contribution in [0, 0.1) is 5.41 Å². The van der Waals surface area contributed by atoms with Gasteiger partial charge in [0.15, 0.2) is 5.69 Å². The van der Waals surface area contributed by atoms with Crippen molar-refractivity contribution in [1.82, 2.24) is 20.1 Å². The highest BCUT2D eigenvalue weighted by Crippen LogP contribution is 2.09. The number of aliphatic hydroxyl groups is 1. The molecule has 1 saturated heterocycles. The third kappa shape index (κ3) is 3.03. The summed E-state index contributed by atoms with van der Waals surface area (Å²) in [6.07, 6.45) is 0. The number of amidine groups is 1. The second kappa shape index (κ2) is 5.89. The highest BCUT2D eigenvalue weighted by atomic mass is 16.6. The first kappa shape index (κ1) is 12.9. The van der Waals surface area contributed by atoms with Crippen molar-refractivity contribution >= 4 is 5.84 Å². The Morgan fingerprint density at radius 1 is 1.28 bits per heavy atom. The Balaban J connectivity index is 1.88. The number of nitrogens with one attached hydrogen (secondary N) is 1. The molecule has 0 unspecified atom stereocenters. The SMILES string of the molecule is N=C(N)c1nonc1CN1CCN(CCO)CC1. The third-order valence-electron chi connectivity index (χ3n) is 3.07. The van der Waals surface area contributed by atoms with Gasteiger partial charge in [0.05, 0.1) is 6.61 Å². The number of rotatable bonds is 5. The Labute approximate surface area is 105 Å². The summed E-state index contributed by atoms with van der Waals surface area (Å²) >= 11 is 0. The first-order valence-corrected chi connectivity index (χ1v) is 5.92. The van der Waals surface area contributed by atoms with E-state index in [9.17, 15) is 0 Å². The number of β-amino-alcohol motifs (C(OH)–C–C–N with tert-alkyl or cyclic N) is 1. The van der Waals surface area contributed by atoms with Crippen LogP contribution < -0.4 is 5.73 Å². The van der Waals surface area contributed by atoms with Gasteiger partial charge in [-0.3, -0.25) is 15.2 Å². The van der Waals surface area contributed by atoms with Gasteiger partial charge in [-0.2, -0.15) is 0 Å². The summed E-state index contributed by atoms with van der Waals surface area (Å²) in [5, 5.41) is 23.6. The molecule has 0 aliphatic carbocycles. The average Bonchev–Trinajstić information content (AvgIpc) is 2.80. The summed E-state index contributed by atoms with van der Waals surface area (Å²) in [5.74, 6) is -0.120. The molecule has 0 amide bonds. The smallest absolute Gasteiger partial charge is 0.173 e. The molecule has 1 aromatic heterocycles. The van der Waals surface area contributed by atoms with Crippen LogP contribution >= 0.6 is 0 Å². The molecule has 0 atom stereocenters. The van der Waals surface area contributed by atoms with Crippen molar-refractivity contribution in [2.75, 3.05) is 39.3 Å². The van der Waals surface area contributed by atoms with E-state index < -0.39 is 0 Å². The van der Waals surface area contributed by atoms with Crippen molar-refractivity contribution in [1.29, 1.82) is 5.41 Å². The van der Waals surface area contributed by atoms with Gasteiger partial charge in [-0.25, -0.2) is 4.63 Å². The maximum Gasteiger partial charge on any atom is 0.173 e. The monoisotopic (exact) mass is 254 g/mol. The van der Waals surface area contributed by atoms with Gasteiger partial charge in [0.1, 0.15) is 11.5 Å². The van der Waals surface area contributed by atoms with Gasteiger partial charge in [0, 0.05) is 39.3 Å². The third-order valence-corrected chi connectivity index (χ3v) is 3.07. The van der Waals surface area contributed by atoms with Gasteiger partial charge in [-0.05, 0) is 5.16 Å². The van der Waals surface area contributed by atoms with Gasteiger partial charge < -0.3 is 10.8 Å². The molecule has 18 heavy (non-hydrogen) atoms. The van der Waals surface area contributed by atoms with E-state index in [1.807, 2.05) is 0 Å². The predicted octanol–water partition coefficient (Wildman–Crippen LogP) is -1.54. The quantitative estimate of drug-likeness (QED) is 0.431. The first-order chi connectivity index (χ1) is 8.70. The van der Waals surface area contributed by atoms with Gasteiger partial charge in [-0.1, -0.05) is 5.16 Å². The van der Waals surface area contributed by atoms with Crippen LogP contribution in [-0.2, 0) is 6.54 Å². The summed E-state index contributed by atoms with van der Waals surface area (Å²) in [5.41, 5.74) is 6.33. The Morgan fingerprint density at radius 3 is 2.56 bits per heavy atom. The fraction of sp³-hybridized carbons (Fsp3) is 0.700. The normalized spacial score (nSPS) is 18.1. The lowest BCUT2D eigenvalue weighted by atomic mass is 10.2. The molecule has 8 heteroatoms. The molecule has 1 aliphatic rings. The van der Waals surface area contributed by atoms with E-state index in [2.05, 4.69) is 24.7 Å². The maximum atomic E-state index is 8.87. The summed E-state index contributed by atoms with van der Waals surface area (Å²) in [6.45, 7) is 5.13. The van der Waals surface area contributed by atoms with Crippen LogP contribution in [0.1, 0.15) is 11.4 Å². The largest absolute Gasteiger partial charge is 0.395 e. The van der Waals surface area contributed by atoms with Crippen molar-refractivity contribution in [3.63, 3.8) is 0 Å². The molecule has 100 valence electrons. The zero-order chi connectivity index (χ0) is 13.0. The average molecular weight is 254 g/mol. The van der Waals surface area contributed by atoms with Gasteiger partial charge >= 0.3 is 0 Å². The standard InChI is InChI=1S/C10H18N6O2/c11-10(12)9-8(13-18-14-9)7-16-3-1-15(2-4-16)5-6-17/h17H,1-7H2,(H3,11,12). The molecule has 0 saturated carbocycles. The Morgan fingerprint density at radius 2 is 1.94 bits per heavy atom. The number of nitrogens with two attached hydrogens (primary N) is 1. The highest BCUT2D eigenvalue weighted by Gasteiger charge is 2.20. The topological polar surface area (TPSA) is 116 Å². The number of nitrogens with zero attached hydrogens (tertiary/aromatic N) is 4. The molecule has 1 aliphatic heterocycles. The van der Waals surface area contributed by atoms with Crippen molar-refractivity contribution in [2.45, 2.75) is 6.54 Å². The minimum atomic E-state index is -0.120. The van der Waals surface area contributed by atoms with Crippen molar-refractivity contribution in [3.05, 3.63) is 11.4 Å². The predicted molar refractivity (Wildman–Crippen MR) is 64.1 cm³/mol. The molecule has 4 N–H and O–H groups in total. The minimum absolute atomic E-state index is 0.120. The van der Waals surface area contributed by atoms with Gasteiger partial charge in [-0.15, -0.1) is 0 Å². The fourth-order valence-electron chi connectivity index (χ4n) is 2.04. The van der Waals surface area contributed by atoms with Crippen LogP contribution in [0.4, 0.5) is 0 Å². The van der Waals surface area contributed by atoms with Gasteiger partial charge in [0.2, 0.25) is 0 Å². The lowest BCUT2D eigenvalue weighted by Crippen LogP contribution is -2.46. The zero-order valence-corrected chi connectivity index (χ0v) is 10.2. The van der Waals surface area contributed by atoms with Crippen LogP contribution in [0.15, 0.2) is 4.63 Å². The van der Waals surface area contributed by atoms with Crippen molar-refractivity contribution in [2.24, 2.45) is 5.73 Å². The Hall–Kier alpha value is -1.51. The molecule has 0 radical (unpaired) electrons. The lowest BCUT2D eigenvalue weighted by Gasteiger charge is -2.33. The molecular weight excluding hydrogens is 236 g/mol. The van der Waals surface area contributed by atoms with Gasteiger partial charge in [0.25, 0.3) is 0 Å². The summed E-state index contributed by atoms with van der Waals surface area (Å²) < 4.78 is 4.62. The molecule has 0 aromatic carbocycles. The number of hydrogen-bond acceptors (Lipinski definition) is 7. The molecular formula is C10H18N6O2. The maximum absolute atomic E-state index is 8.87. The summed E-state index contributed by atoms with van der Waals surface area (Å²) in [4.78, 5) is 4.42. The molecule has 2 heterocycles. The zero-order valence-electron chi connectivity index (χ0n) is 10.2. The van der Waals surface area contributed by atoms with Crippen LogP contribution in [0.2, 0.25) is 0 Å². The van der Waals surface area contributed by atoms with Crippen LogP contribution in [0.5, 0.6) is 0 Å². The molecule has 0 bridgehead atoms. The molecule has 2 rings (SSSR count). The van der Waals surface area contributed by atoms with E-state index in [-0.39, 0.29) is 12.4 Å². The number of piperazine rings is 1.